The first-order chi connectivity index (χ1) is 12.2. The number of rotatable bonds is 4. The predicted octanol–water partition coefficient (Wildman–Crippen LogP) is 2.42. The molecule has 2 aromatic rings. The molecule has 1 saturated heterocycles. The van der Waals surface area contributed by atoms with Crippen LogP contribution in [0.4, 0.5) is 11.5 Å². The summed E-state index contributed by atoms with van der Waals surface area (Å²) in [7, 11) is 2.13. The molecular weight excluding hydrogens is 312 g/mol. The second kappa shape index (κ2) is 7.95. The Bertz CT molecular complexity index is 736. The van der Waals surface area contributed by atoms with Gasteiger partial charge in [0.05, 0.1) is 18.2 Å². The summed E-state index contributed by atoms with van der Waals surface area (Å²) in [4.78, 5) is 13.3. The van der Waals surface area contributed by atoms with E-state index in [1.54, 1.807) is 12.3 Å². The molecule has 0 amide bonds. The van der Waals surface area contributed by atoms with E-state index in [0.717, 1.165) is 38.2 Å². The van der Waals surface area contributed by atoms with Crippen LogP contribution in [0.3, 0.4) is 0 Å². The molecule has 3 rings (SSSR count). The van der Waals surface area contributed by atoms with E-state index in [4.69, 9.17) is 11.0 Å². The topological polar surface area (TPSA) is 82.1 Å². The Labute approximate surface area is 148 Å². The molecule has 1 fully saturated rings. The van der Waals surface area contributed by atoms with Crippen molar-refractivity contribution in [2.45, 2.75) is 31.8 Å². The number of nitrogens with zero attached hydrogens (tertiary/aromatic N) is 5. The van der Waals surface area contributed by atoms with Crippen LogP contribution in [0.15, 0.2) is 36.5 Å². The van der Waals surface area contributed by atoms with Crippen LogP contribution in [-0.4, -0.2) is 41.0 Å². The Kier molecular flexibility index (Phi) is 5.46. The van der Waals surface area contributed by atoms with Crippen molar-refractivity contribution in [1.29, 1.82) is 5.26 Å². The summed E-state index contributed by atoms with van der Waals surface area (Å²) in [6.07, 6.45) is 5.11. The molecule has 0 bridgehead atoms. The van der Waals surface area contributed by atoms with Crippen LogP contribution in [0.2, 0.25) is 0 Å². The number of hydrogen-bond donors (Lipinski definition) is 1. The van der Waals surface area contributed by atoms with Crippen molar-refractivity contribution in [3.8, 4) is 6.07 Å². The fraction of sp³-hybridized carbons (Fsp3) is 0.421. The van der Waals surface area contributed by atoms with Gasteiger partial charge in [0, 0.05) is 31.0 Å². The van der Waals surface area contributed by atoms with E-state index in [0.29, 0.717) is 24.0 Å². The standard InChI is InChI=1S/C19H24N6/c1-24(14-19-22-10-8-18(21)23-19)16-3-2-11-25(12-9-16)17-6-4-15(13-20)5-7-17/h4-8,10,16H,2-3,9,11-12,14H2,1H3,(H2,21,22,23)/t16-/m1/s1. The van der Waals surface area contributed by atoms with Gasteiger partial charge in [-0.2, -0.15) is 5.26 Å². The van der Waals surface area contributed by atoms with Gasteiger partial charge in [-0.05, 0) is 56.6 Å². The highest BCUT2D eigenvalue weighted by molar-refractivity contribution is 5.49. The van der Waals surface area contributed by atoms with Crippen LogP contribution >= 0.6 is 0 Å². The maximum atomic E-state index is 8.93. The summed E-state index contributed by atoms with van der Waals surface area (Å²) in [6, 6.07) is 12.3. The molecule has 2 heterocycles. The average Bonchev–Trinajstić information content (AvgIpc) is 2.88. The van der Waals surface area contributed by atoms with Gasteiger partial charge in [0.25, 0.3) is 0 Å². The summed E-state index contributed by atoms with van der Waals surface area (Å²) in [6.45, 7) is 2.77. The molecule has 0 spiro atoms. The molecule has 1 aromatic carbocycles. The normalized spacial score (nSPS) is 18.0. The van der Waals surface area contributed by atoms with Gasteiger partial charge >= 0.3 is 0 Å². The minimum Gasteiger partial charge on any atom is -0.384 e. The quantitative estimate of drug-likeness (QED) is 0.923. The van der Waals surface area contributed by atoms with Crippen LogP contribution in [0.25, 0.3) is 0 Å². The second-order valence-corrected chi connectivity index (χ2v) is 6.54. The number of aromatic nitrogens is 2. The fourth-order valence-corrected chi connectivity index (χ4v) is 3.37. The summed E-state index contributed by atoms with van der Waals surface area (Å²) in [5.74, 6) is 1.29. The predicted molar refractivity (Wildman–Crippen MR) is 98.9 cm³/mol. The molecule has 6 nitrogen and oxygen atoms in total. The van der Waals surface area contributed by atoms with Crippen LogP contribution < -0.4 is 10.6 Å². The molecule has 0 radical (unpaired) electrons. The van der Waals surface area contributed by atoms with E-state index in [1.807, 2.05) is 24.3 Å². The molecule has 2 N–H and O–H groups in total. The highest BCUT2D eigenvalue weighted by atomic mass is 15.2. The van der Waals surface area contributed by atoms with Crippen molar-refractivity contribution in [3.63, 3.8) is 0 Å². The molecular formula is C19H24N6. The van der Waals surface area contributed by atoms with Crippen molar-refractivity contribution in [1.82, 2.24) is 14.9 Å². The zero-order valence-electron chi connectivity index (χ0n) is 14.6. The highest BCUT2D eigenvalue weighted by Crippen LogP contribution is 2.22. The minimum absolute atomic E-state index is 0.508. The number of hydrogen-bond acceptors (Lipinski definition) is 6. The summed E-state index contributed by atoms with van der Waals surface area (Å²) in [5, 5.41) is 8.93. The third kappa shape index (κ3) is 4.46. The fourth-order valence-electron chi connectivity index (χ4n) is 3.37. The maximum absolute atomic E-state index is 8.93. The van der Waals surface area contributed by atoms with Gasteiger partial charge in [0.15, 0.2) is 0 Å². The molecule has 0 saturated carbocycles. The van der Waals surface area contributed by atoms with Crippen molar-refractivity contribution in [2.24, 2.45) is 0 Å². The third-order valence-electron chi connectivity index (χ3n) is 4.80. The molecule has 1 aliphatic rings. The first kappa shape index (κ1) is 17.2. The lowest BCUT2D eigenvalue weighted by Crippen LogP contribution is -2.33. The molecule has 0 unspecified atom stereocenters. The van der Waals surface area contributed by atoms with Crippen LogP contribution in [0.5, 0.6) is 0 Å². The van der Waals surface area contributed by atoms with Crippen LogP contribution in [0, 0.1) is 11.3 Å². The van der Waals surface area contributed by atoms with E-state index in [2.05, 4.69) is 32.9 Å². The number of benzene rings is 1. The van der Waals surface area contributed by atoms with Crippen molar-refractivity contribution in [3.05, 3.63) is 47.9 Å². The smallest absolute Gasteiger partial charge is 0.144 e. The third-order valence-corrected chi connectivity index (χ3v) is 4.80. The van der Waals surface area contributed by atoms with Gasteiger partial charge in [0.2, 0.25) is 0 Å². The van der Waals surface area contributed by atoms with Gasteiger partial charge < -0.3 is 10.6 Å². The second-order valence-electron chi connectivity index (χ2n) is 6.54. The Balaban J connectivity index is 1.59. The van der Waals surface area contributed by atoms with E-state index in [1.165, 1.54) is 5.69 Å². The largest absolute Gasteiger partial charge is 0.384 e. The van der Waals surface area contributed by atoms with Gasteiger partial charge in [-0.25, -0.2) is 9.97 Å². The number of nitriles is 1. The van der Waals surface area contributed by atoms with Crippen LogP contribution in [-0.2, 0) is 6.54 Å². The average molecular weight is 336 g/mol. The lowest BCUT2D eigenvalue weighted by Gasteiger charge is -2.27. The Morgan fingerprint density at radius 1 is 1.24 bits per heavy atom. The Morgan fingerprint density at radius 3 is 2.76 bits per heavy atom. The molecule has 1 aromatic heterocycles. The van der Waals surface area contributed by atoms with E-state index in [-0.39, 0.29) is 0 Å². The van der Waals surface area contributed by atoms with Crippen molar-refractivity contribution >= 4 is 11.5 Å². The monoisotopic (exact) mass is 336 g/mol. The van der Waals surface area contributed by atoms with Gasteiger partial charge in [-0.1, -0.05) is 0 Å². The molecule has 6 heteroatoms. The van der Waals surface area contributed by atoms with E-state index < -0.39 is 0 Å². The van der Waals surface area contributed by atoms with E-state index in [9.17, 15) is 0 Å². The molecule has 1 aliphatic heterocycles. The van der Waals surface area contributed by atoms with Gasteiger partial charge in [-0.15, -0.1) is 0 Å². The Hall–Kier alpha value is -2.65. The molecule has 1 atom stereocenters. The number of anilines is 2. The zero-order valence-corrected chi connectivity index (χ0v) is 14.6. The number of nitrogen functional groups attached to an aromatic ring is 1. The van der Waals surface area contributed by atoms with Crippen LogP contribution in [0.1, 0.15) is 30.7 Å². The lowest BCUT2D eigenvalue weighted by atomic mass is 10.1. The SMILES string of the molecule is CN(Cc1nccc(N)n1)[C@@H]1CCCN(c2ccc(C#N)cc2)CC1. The van der Waals surface area contributed by atoms with Crippen molar-refractivity contribution in [2.75, 3.05) is 30.8 Å². The molecule has 130 valence electrons. The Morgan fingerprint density at radius 2 is 2.04 bits per heavy atom. The summed E-state index contributed by atoms with van der Waals surface area (Å²) < 4.78 is 0. The lowest BCUT2D eigenvalue weighted by molar-refractivity contribution is 0.212. The van der Waals surface area contributed by atoms with Gasteiger partial charge in [0.1, 0.15) is 11.6 Å². The molecule has 25 heavy (non-hydrogen) atoms. The number of nitrogens with two attached hydrogens (primary N) is 1. The van der Waals surface area contributed by atoms with E-state index >= 15 is 0 Å². The summed E-state index contributed by atoms with van der Waals surface area (Å²) in [5.41, 5.74) is 7.65. The minimum atomic E-state index is 0.508. The highest BCUT2D eigenvalue weighted by Gasteiger charge is 2.21. The van der Waals surface area contributed by atoms with Gasteiger partial charge in [-0.3, -0.25) is 4.90 Å². The first-order valence-electron chi connectivity index (χ1n) is 8.68. The first-order valence-corrected chi connectivity index (χ1v) is 8.68. The summed E-state index contributed by atoms with van der Waals surface area (Å²) >= 11 is 0. The zero-order chi connectivity index (χ0) is 17.6. The van der Waals surface area contributed by atoms with Crippen molar-refractivity contribution < 1.29 is 0 Å². The molecule has 0 aliphatic carbocycles. The maximum Gasteiger partial charge on any atom is 0.144 e.